The maximum atomic E-state index is 12.5. The van der Waals surface area contributed by atoms with Crippen LogP contribution in [0.1, 0.15) is 45.4 Å². The van der Waals surface area contributed by atoms with Gasteiger partial charge >= 0.3 is 0 Å². The van der Waals surface area contributed by atoms with Gasteiger partial charge in [-0.1, -0.05) is 6.92 Å². The Morgan fingerprint density at radius 1 is 1.05 bits per heavy atom. The van der Waals surface area contributed by atoms with Crippen LogP contribution in [-0.4, -0.2) is 60.9 Å². The minimum atomic E-state index is 0.109. The van der Waals surface area contributed by atoms with Crippen molar-refractivity contribution in [2.75, 3.05) is 39.3 Å². The van der Waals surface area contributed by atoms with E-state index in [2.05, 4.69) is 22.0 Å². The van der Waals surface area contributed by atoms with Crippen molar-refractivity contribution in [3.8, 4) is 0 Å². The fourth-order valence-corrected chi connectivity index (χ4v) is 3.23. The van der Waals surface area contributed by atoms with Crippen LogP contribution in [0.2, 0.25) is 0 Å². The SMILES string of the molecule is CCCNC(=O)CN1CCC(C(=O)N2CCCCC2)CC1. The van der Waals surface area contributed by atoms with E-state index >= 15 is 0 Å². The zero-order valence-electron chi connectivity index (χ0n) is 13.3. The molecule has 0 saturated carbocycles. The van der Waals surface area contributed by atoms with Gasteiger partial charge in [-0.15, -0.1) is 0 Å². The average molecular weight is 295 g/mol. The molecule has 2 aliphatic rings. The molecule has 0 spiro atoms. The number of likely N-dealkylation sites (tertiary alicyclic amines) is 2. The van der Waals surface area contributed by atoms with E-state index in [1.165, 1.54) is 6.42 Å². The largest absolute Gasteiger partial charge is 0.355 e. The molecule has 2 amide bonds. The zero-order valence-corrected chi connectivity index (χ0v) is 13.3. The smallest absolute Gasteiger partial charge is 0.234 e. The predicted molar refractivity (Wildman–Crippen MR) is 82.9 cm³/mol. The summed E-state index contributed by atoms with van der Waals surface area (Å²) < 4.78 is 0. The molecule has 0 aliphatic carbocycles. The van der Waals surface area contributed by atoms with Crippen molar-refractivity contribution in [1.29, 1.82) is 0 Å². The Balaban J connectivity index is 1.70. The molecular weight excluding hydrogens is 266 g/mol. The first-order valence-corrected chi connectivity index (χ1v) is 8.48. The van der Waals surface area contributed by atoms with Crippen LogP contribution in [0.15, 0.2) is 0 Å². The molecule has 2 saturated heterocycles. The first-order valence-electron chi connectivity index (χ1n) is 8.48. The maximum absolute atomic E-state index is 12.5. The van der Waals surface area contributed by atoms with E-state index in [4.69, 9.17) is 0 Å². The van der Waals surface area contributed by atoms with Gasteiger partial charge in [0.15, 0.2) is 0 Å². The van der Waals surface area contributed by atoms with Crippen molar-refractivity contribution in [2.45, 2.75) is 45.4 Å². The Morgan fingerprint density at radius 2 is 1.71 bits per heavy atom. The van der Waals surface area contributed by atoms with Crippen LogP contribution in [0.25, 0.3) is 0 Å². The average Bonchev–Trinajstić information content (AvgIpc) is 2.54. The van der Waals surface area contributed by atoms with Gasteiger partial charge in [-0.05, 0) is 51.6 Å². The molecule has 2 rings (SSSR count). The minimum Gasteiger partial charge on any atom is -0.355 e. The number of nitrogens with zero attached hydrogens (tertiary/aromatic N) is 2. The van der Waals surface area contributed by atoms with Crippen LogP contribution in [0.5, 0.6) is 0 Å². The standard InChI is InChI=1S/C16H29N3O2/c1-2-8-17-15(20)13-18-11-6-14(7-12-18)16(21)19-9-4-3-5-10-19/h14H,2-13H2,1H3,(H,17,20). The number of rotatable bonds is 5. The number of hydrogen-bond donors (Lipinski definition) is 1. The molecule has 0 radical (unpaired) electrons. The molecule has 21 heavy (non-hydrogen) atoms. The van der Waals surface area contributed by atoms with Crippen molar-refractivity contribution in [3.63, 3.8) is 0 Å². The number of nitrogens with one attached hydrogen (secondary N) is 1. The summed E-state index contributed by atoms with van der Waals surface area (Å²) in [7, 11) is 0. The fourth-order valence-electron chi connectivity index (χ4n) is 3.23. The van der Waals surface area contributed by atoms with E-state index in [1.54, 1.807) is 0 Å². The third-order valence-corrected chi connectivity index (χ3v) is 4.54. The van der Waals surface area contributed by atoms with Gasteiger partial charge in [0.1, 0.15) is 0 Å². The molecular formula is C16H29N3O2. The van der Waals surface area contributed by atoms with E-state index in [-0.39, 0.29) is 11.8 Å². The highest BCUT2D eigenvalue weighted by molar-refractivity contribution is 5.79. The second kappa shape index (κ2) is 8.37. The number of carbonyl (C=O) groups is 2. The van der Waals surface area contributed by atoms with E-state index in [0.29, 0.717) is 12.5 Å². The first-order chi connectivity index (χ1) is 10.2. The van der Waals surface area contributed by atoms with Crippen molar-refractivity contribution >= 4 is 11.8 Å². The lowest BCUT2D eigenvalue weighted by atomic mass is 9.94. The quantitative estimate of drug-likeness (QED) is 0.830. The molecule has 0 unspecified atom stereocenters. The summed E-state index contributed by atoms with van der Waals surface area (Å²) >= 11 is 0. The lowest BCUT2D eigenvalue weighted by Gasteiger charge is -2.35. The molecule has 2 aliphatic heterocycles. The number of amides is 2. The molecule has 0 bridgehead atoms. The predicted octanol–water partition coefficient (Wildman–Crippen LogP) is 1.24. The monoisotopic (exact) mass is 295 g/mol. The highest BCUT2D eigenvalue weighted by Crippen LogP contribution is 2.21. The molecule has 1 N–H and O–H groups in total. The van der Waals surface area contributed by atoms with Gasteiger partial charge in [-0.2, -0.15) is 0 Å². The minimum absolute atomic E-state index is 0.109. The summed E-state index contributed by atoms with van der Waals surface area (Å²) in [5.74, 6) is 0.639. The first kappa shape index (κ1) is 16.3. The Morgan fingerprint density at radius 3 is 2.33 bits per heavy atom. The fraction of sp³-hybridized carbons (Fsp3) is 0.875. The Kier molecular flexibility index (Phi) is 6.49. The van der Waals surface area contributed by atoms with Gasteiger partial charge in [0.05, 0.1) is 6.54 Å². The van der Waals surface area contributed by atoms with Gasteiger partial charge in [-0.3, -0.25) is 14.5 Å². The van der Waals surface area contributed by atoms with Gasteiger partial charge < -0.3 is 10.2 Å². The third-order valence-electron chi connectivity index (χ3n) is 4.54. The second-order valence-corrected chi connectivity index (χ2v) is 6.29. The van der Waals surface area contributed by atoms with Crippen molar-refractivity contribution in [2.24, 2.45) is 5.92 Å². The highest BCUT2D eigenvalue weighted by Gasteiger charge is 2.29. The Hall–Kier alpha value is -1.10. The van der Waals surface area contributed by atoms with Crippen molar-refractivity contribution < 1.29 is 9.59 Å². The van der Waals surface area contributed by atoms with E-state index in [9.17, 15) is 9.59 Å². The molecule has 5 heteroatoms. The molecule has 0 aromatic rings. The number of carbonyl (C=O) groups excluding carboxylic acids is 2. The lowest BCUT2D eigenvalue weighted by molar-refractivity contribution is -0.138. The Bertz CT molecular complexity index is 345. The normalized spacial score (nSPS) is 21.3. The van der Waals surface area contributed by atoms with Crippen molar-refractivity contribution in [1.82, 2.24) is 15.1 Å². The maximum Gasteiger partial charge on any atom is 0.234 e. The van der Waals surface area contributed by atoms with Crippen LogP contribution < -0.4 is 5.32 Å². The van der Waals surface area contributed by atoms with E-state index in [0.717, 1.165) is 64.8 Å². The van der Waals surface area contributed by atoms with Crippen LogP contribution >= 0.6 is 0 Å². The summed E-state index contributed by atoms with van der Waals surface area (Å²) in [4.78, 5) is 28.4. The van der Waals surface area contributed by atoms with Gasteiger partial charge in [0, 0.05) is 25.6 Å². The molecule has 2 heterocycles. The van der Waals surface area contributed by atoms with E-state index < -0.39 is 0 Å². The second-order valence-electron chi connectivity index (χ2n) is 6.29. The molecule has 2 fully saturated rings. The van der Waals surface area contributed by atoms with Crippen LogP contribution in [0.4, 0.5) is 0 Å². The third kappa shape index (κ3) is 4.99. The van der Waals surface area contributed by atoms with Gasteiger partial charge in [0.25, 0.3) is 0 Å². The van der Waals surface area contributed by atoms with Crippen LogP contribution in [-0.2, 0) is 9.59 Å². The van der Waals surface area contributed by atoms with Crippen LogP contribution in [0, 0.1) is 5.92 Å². The summed E-state index contributed by atoms with van der Waals surface area (Å²) in [5, 5.41) is 2.91. The summed E-state index contributed by atoms with van der Waals surface area (Å²) in [6, 6.07) is 0. The summed E-state index contributed by atoms with van der Waals surface area (Å²) in [5.41, 5.74) is 0. The summed E-state index contributed by atoms with van der Waals surface area (Å²) in [6.45, 7) is 6.90. The molecule has 0 aromatic heterocycles. The highest BCUT2D eigenvalue weighted by atomic mass is 16.2. The Labute approximate surface area is 128 Å². The molecule has 0 aromatic carbocycles. The van der Waals surface area contributed by atoms with E-state index in [1.807, 2.05) is 0 Å². The van der Waals surface area contributed by atoms with Crippen LogP contribution in [0.3, 0.4) is 0 Å². The zero-order chi connectivity index (χ0) is 15.1. The van der Waals surface area contributed by atoms with Gasteiger partial charge in [0.2, 0.25) is 11.8 Å². The number of piperidine rings is 2. The molecule has 120 valence electrons. The van der Waals surface area contributed by atoms with Crippen molar-refractivity contribution in [3.05, 3.63) is 0 Å². The summed E-state index contributed by atoms with van der Waals surface area (Å²) in [6.07, 6.45) is 6.34. The number of hydrogen-bond acceptors (Lipinski definition) is 3. The molecule has 0 atom stereocenters. The topological polar surface area (TPSA) is 52.7 Å². The lowest BCUT2D eigenvalue weighted by Crippen LogP contribution is -2.46. The van der Waals surface area contributed by atoms with Gasteiger partial charge in [-0.25, -0.2) is 0 Å². The molecule has 5 nitrogen and oxygen atoms in total.